The molecule has 2 heterocycles. The lowest BCUT2D eigenvalue weighted by molar-refractivity contribution is -0.0182. The van der Waals surface area contributed by atoms with Gasteiger partial charge in [0, 0.05) is 31.7 Å². The third-order valence-corrected chi connectivity index (χ3v) is 3.51. The molecule has 1 aromatic carbocycles. The standard InChI is InChI=1S/C14H20N2O3/c1-16-5-6-17-12(9-16)8-15-7-11-3-2-4-13-14(11)19-10-18-13/h2-4,12,15H,5-10H2,1H3/t12-/m1/s1. The van der Waals surface area contributed by atoms with E-state index >= 15 is 0 Å². The maximum Gasteiger partial charge on any atom is 0.231 e. The molecule has 3 rings (SSSR count). The van der Waals surface area contributed by atoms with E-state index < -0.39 is 0 Å². The average molecular weight is 264 g/mol. The molecular formula is C14H20N2O3. The van der Waals surface area contributed by atoms with Gasteiger partial charge in [0.05, 0.1) is 12.7 Å². The molecule has 2 aliphatic heterocycles. The number of nitrogens with one attached hydrogen (secondary N) is 1. The fraction of sp³-hybridized carbons (Fsp3) is 0.571. The summed E-state index contributed by atoms with van der Waals surface area (Å²) in [4.78, 5) is 2.30. The topological polar surface area (TPSA) is 43.0 Å². The number of nitrogens with zero attached hydrogens (tertiary/aromatic N) is 1. The maximum absolute atomic E-state index is 5.72. The Balaban J connectivity index is 1.51. The van der Waals surface area contributed by atoms with E-state index in [0.29, 0.717) is 6.79 Å². The molecule has 0 bridgehead atoms. The molecule has 0 spiro atoms. The number of fused-ring (bicyclic) bond motifs is 1. The second-order valence-electron chi connectivity index (χ2n) is 5.04. The summed E-state index contributed by atoms with van der Waals surface area (Å²) >= 11 is 0. The van der Waals surface area contributed by atoms with E-state index in [0.717, 1.165) is 49.8 Å². The Morgan fingerprint density at radius 3 is 3.21 bits per heavy atom. The van der Waals surface area contributed by atoms with Crippen LogP contribution in [0, 0.1) is 0 Å². The number of rotatable bonds is 4. The molecule has 104 valence electrons. The van der Waals surface area contributed by atoms with Gasteiger partial charge in [0.1, 0.15) is 0 Å². The molecule has 5 nitrogen and oxygen atoms in total. The summed E-state index contributed by atoms with van der Waals surface area (Å²) in [5.41, 5.74) is 1.14. The zero-order chi connectivity index (χ0) is 13.1. The van der Waals surface area contributed by atoms with Crippen molar-refractivity contribution in [2.24, 2.45) is 0 Å². The minimum Gasteiger partial charge on any atom is -0.454 e. The molecule has 1 N–H and O–H groups in total. The molecule has 1 atom stereocenters. The smallest absolute Gasteiger partial charge is 0.231 e. The van der Waals surface area contributed by atoms with Crippen molar-refractivity contribution >= 4 is 0 Å². The first-order valence-electron chi connectivity index (χ1n) is 6.71. The van der Waals surface area contributed by atoms with Gasteiger partial charge in [0.25, 0.3) is 0 Å². The summed E-state index contributed by atoms with van der Waals surface area (Å²) < 4.78 is 16.6. The molecule has 2 aliphatic rings. The van der Waals surface area contributed by atoms with Crippen LogP contribution in [0.15, 0.2) is 18.2 Å². The quantitative estimate of drug-likeness (QED) is 0.873. The summed E-state index contributed by atoms with van der Waals surface area (Å²) in [5, 5.41) is 3.43. The maximum atomic E-state index is 5.72. The molecule has 19 heavy (non-hydrogen) atoms. The van der Waals surface area contributed by atoms with E-state index in [9.17, 15) is 0 Å². The molecule has 1 aromatic rings. The number of morpholine rings is 1. The summed E-state index contributed by atoms with van der Waals surface area (Å²) in [6.45, 7) is 4.78. The van der Waals surface area contributed by atoms with Gasteiger partial charge in [-0.15, -0.1) is 0 Å². The Morgan fingerprint density at radius 1 is 1.37 bits per heavy atom. The van der Waals surface area contributed by atoms with Crippen LogP contribution in [0.1, 0.15) is 5.56 Å². The number of benzene rings is 1. The van der Waals surface area contributed by atoms with Gasteiger partial charge >= 0.3 is 0 Å². The highest BCUT2D eigenvalue weighted by molar-refractivity contribution is 5.48. The van der Waals surface area contributed by atoms with Crippen molar-refractivity contribution in [1.29, 1.82) is 0 Å². The number of likely N-dealkylation sites (N-methyl/N-ethyl adjacent to an activating group) is 1. The van der Waals surface area contributed by atoms with E-state index in [-0.39, 0.29) is 6.10 Å². The fourth-order valence-corrected chi connectivity index (χ4v) is 2.49. The van der Waals surface area contributed by atoms with E-state index in [2.05, 4.69) is 23.3 Å². The number of hydrogen-bond acceptors (Lipinski definition) is 5. The van der Waals surface area contributed by atoms with Crippen LogP contribution in [0.4, 0.5) is 0 Å². The van der Waals surface area contributed by atoms with Crippen LogP contribution < -0.4 is 14.8 Å². The Morgan fingerprint density at radius 2 is 2.32 bits per heavy atom. The molecule has 0 aliphatic carbocycles. The minimum atomic E-state index is 0.271. The number of hydrogen-bond donors (Lipinski definition) is 1. The third kappa shape index (κ3) is 3.00. The highest BCUT2D eigenvalue weighted by Gasteiger charge is 2.19. The second kappa shape index (κ2) is 5.77. The monoisotopic (exact) mass is 264 g/mol. The van der Waals surface area contributed by atoms with Gasteiger partial charge in [-0.3, -0.25) is 0 Å². The second-order valence-corrected chi connectivity index (χ2v) is 5.04. The lowest BCUT2D eigenvalue weighted by atomic mass is 10.2. The number of ether oxygens (including phenoxy) is 3. The third-order valence-electron chi connectivity index (χ3n) is 3.51. The van der Waals surface area contributed by atoms with Gasteiger partial charge in [0.2, 0.25) is 6.79 Å². The lowest BCUT2D eigenvalue weighted by Gasteiger charge is -2.30. The van der Waals surface area contributed by atoms with Gasteiger partial charge in [-0.05, 0) is 13.1 Å². The van der Waals surface area contributed by atoms with E-state index in [1.54, 1.807) is 0 Å². The predicted octanol–water partition coefficient (Wildman–Crippen LogP) is 0.835. The molecule has 0 radical (unpaired) electrons. The van der Waals surface area contributed by atoms with Crippen molar-refractivity contribution in [3.63, 3.8) is 0 Å². The van der Waals surface area contributed by atoms with Gasteiger partial charge in [0.15, 0.2) is 11.5 Å². The lowest BCUT2D eigenvalue weighted by Crippen LogP contribution is -2.44. The number of para-hydroxylation sites is 1. The zero-order valence-electron chi connectivity index (χ0n) is 11.2. The molecule has 5 heteroatoms. The normalized spacial score (nSPS) is 22.7. The van der Waals surface area contributed by atoms with Crippen LogP contribution >= 0.6 is 0 Å². The van der Waals surface area contributed by atoms with Crippen molar-refractivity contribution in [3.05, 3.63) is 23.8 Å². The zero-order valence-corrected chi connectivity index (χ0v) is 11.2. The summed E-state index contributed by atoms with van der Waals surface area (Å²) in [5.74, 6) is 1.71. The van der Waals surface area contributed by atoms with Gasteiger partial charge in [-0.1, -0.05) is 12.1 Å². The van der Waals surface area contributed by atoms with Crippen LogP contribution in [0.5, 0.6) is 11.5 Å². The highest BCUT2D eigenvalue weighted by Crippen LogP contribution is 2.35. The molecule has 0 aromatic heterocycles. The van der Waals surface area contributed by atoms with Crippen LogP contribution in [-0.4, -0.2) is 51.1 Å². The largest absolute Gasteiger partial charge is 0.454 e. The van der Waals surface area contributed by atoms with E-state index in [4.69, 9.17) is 14.2 Å². The minimum absolute atomic E-state index is 0.271. The van der Waals surface area contributed by atoms with Crippen LogP contribution in [0.2, 0.25) is 0 Å². The average Bonchev–Trinajstić information content (AvgIpc) is 2.88. The summed E-state index contributed by atoms with van der Waals surface area (Å²) in [6, 6.07) is 5.99. The van der Waals surface area contributed by atoms with Gasteiger partial charge in [-0.2, -0.15) is 0 Å². The van der Waals surface area contributed by atoms with Crippen molar-refractivity contribution in [2.45, 2.75) is 12.6 Å². The van der Waals surface area contributed by atoms with Gasteiger partial charge in [-0.25, -0.2) is 0 Å². The fourth-order valence-electron chi connectivity index (χ4n) is 2.49. The first-order chi connectivity index (χ1) is 9.33. The summed E-state index contributed by atoms with van der Waals surface area (Å²) in [7, 11) is 2.13. The first kappa shape index (κ1) is 12.7. The molecule has 0 saturated carbocycles. The van der Waals surface area contributed by atoms with Crippen molar-refractivity contribution in [3.8, 4) is 11.5 Å². The van der Waals surface area contributed by atoms with Crippen molar-refractivity contribution in [2.75, 3.05) is 40.1 Å². The Hall–Kier alpha value is -1.30. The van der Waals surface area contributed by atoms with Crippen LogP contribution in [0.25, 0.3) is 0 Å². The van der Waals surface area contributed by atoms with Crippen LogP contribution in [-0.2, 0) is 11.3 Å². The van der Waals surface area contributed by atoms with Crippen LogP contribution in [0.3, 0.4) is 0 Å². The highest BCUT2D eigenvalue weighted by atomic mass is 16.7. The molecule has 1 saturated heterocycles. The molecule has 0 unspecified atom stereocenters. The Labute approximate surface area is 113 Å². The molecule has 1 fully saturated rings. The van der Waals surface area contributed by atoms with Crippen molar-refractivity contribution < 1.29 is 14.2 Å². The molecular weight excluding hydrogens is 244 g/mol. The first-order valence-corrected chi connectivity index (χ1v) is 6.71. The molecule has 0 amide bonds. The Kier molecular flexibility index (Phi) is 3.87. The van der Waals surface area contributed by atoms with E-state index in [1.807, 2.05) is 12.1 Å². The summed E-state index contributed by atoms with van der Waals surface area (Å²) in [6.07, 6.45) is 0.271. The van der Waals surface area contributed by atoms with Crippen molar-refractivity contribution in [1.82, 2.24) is 10.2 Å². The van der Waals surface area contributed by atoms with Gasteiger partial charge < -0.3 is 24.4 Å². The SMILES string of the molecule is CN1CCO[C@H](CNCc2cccc3c2OCO3)C1. The predicted molar refractivity (Wildman–Crippen MR) is 71.5 cm³/mol. The van der Waals surface area contributed by atoms with E-state index in [1.165, 1.54) is 0 Å². The Bertz CT molecular complexity index is 439.